The monoisotopic (exact) mass is 317 g/mol. The first-order valence-corrected chi connectivity index (χ1v) is 8.41. The third kappa shape index (κ3) is 4.27. The van der Waals surface area contributed by atoms with Gasteiger partial charge in [0.2, 0.25) is 0 Å². The molecule has 0 bridgehead atoms. The number of nitrogens with one attached hydrogen (secondary N) is 2. The van der Waals surface area contributed by atoms with Crippen LogP contribution in [0.2, 0.25) is 0 Å². The Morgan fingerprint density at radius 1 is 1.27 bits per heavy atom. The molecule has 1 heterocycles. The van der Waals surface area contributed by atoms with E-state index >= 15 is 0 Å². The molecule has 2 aromatic rings. The van der Waals surface area contributed by atoms with Gasteiger partial charge in [0, 0.05) is 31.7 Å². The Kier molecular flexibility index (Phi) is 5.89. The van der Waals surface area contributed by atoms with Crippen LogP contribution in [-0.2, 0) is 20.1 Å². The molecule has 0 radical (unpaired) electrons. The maximum atomic E-state index is 4.26. The summed E-state index contributed by atoms with van der Waals surface area (Å²) >= 11 is 1.77. The van der Waals surface area contributed by atoms with Crippen molar-refractivity contribution in [3.63, 3.8) is 0 Å². The van der Waals surface area contributed by atoms with Gasteiger partial charge in [-0.2, -0.15) is 5.10 Å². The van der Waals surface area contributed by atoms with E-state index in [1.54, 1.807) is 25.0 Å². The molecule has 0 atom stereocenters. The van der Waals surface area contributed by atoms with Crippen molar-refractivity contribution in [3.05, 3.63) is 47.3 Å². The van der Waals surface area contributed by atoms with Crippen LogP contribution >= 0.6 is 11.8 Å². The first-order valence-electron chi connectivity index (χ1n) is 7.19. The summed E-state index contributed by atoms with van der Waals surface area (Å²) in [4.78, 5) is 5.56. The molecule has 1 aromatic heterocycles. The Morgan fingerprint density at radius 3 is 2.68 bits per heavy atom. The summed E-state index contributed by atoms with van der Waals surface area (Å²) < 4.78 is 1.85. The molecular weight excluding hydrogens is 294 g/mol. The molecule has 0 saturated heterocycles. The van der Waals surface area contributed by atoms with Gasteiger partial charge in [0.05, 0.1) is 12.2 Å². The molecule has 0 amide bonds. The maximum absolute atomic E-state index is 4.26. The van der Waals surface area contributed by atoms with Crippen molar-refractivity contribution in [3.8, 4) is 0 Å². The number of hydrogen-bond donors (Lipinski definition) is 2. The van der Waals surface area contributed by atoms with Gasteiger partial charge in [-0.3, -0.25) is 9.67 Å². The number of aromatic nitrogens is 2. The van der Waals surface area contributed by atoms with Crippen LogP contribution in [0.4, 0.5) is 0 Å². The van der Waals surface area contributed by atoms with Crippen molar-refractivity contribution in [2.24, 2.45) is 12.0 Å². The largest absolute Gasteiger partial charge is 0.352 e. The zero-order chi connectivity index (χ0) is 15.9. The van der Waals surface area contributed by atoms with Gasteiger partial charge in [-0.1, -0.05) is 12.1 Å². The minimum atomic E-state index is 0.694. The van der Waals surface area contributed by atoms with E-state index in [4.69, 9.17) is 0 Å². The summed E-state index contributed by atoms with van der Waals surface area (Å²) in [6.07, 6.45) is 3.90. The fraction of sp³-hybridized carbons (Fsp3) is 0.375. The molecule has 5 nitrogen and oxygen atoms in total. The Labute approximate surface area is 136 Å². The first kappa shape index (κ1) is 16.4. The van der Waals surface area contributed by atoms with Crippen molar-refractivity contribution in [2.45, 2.75) is 24.9 Å². The van der Waals surface area contributed by atoms with Crippen LogP contribution in [0.25, 0.3) is 0 Å². The minimum Gasteiger partial charge on any atom is -0.352 e. The number of nitrogens with zero attached hydrogens (tertiary/aromatic N) is 3. The van der Waals surface area contributed by atoms with Crippen LogP contribution in [0.1, 0.15) is 16.8 Å². The van der Waals surface area contributed by atoms with Crippen molar-refractivity contribution in [1.82, 2.24) is 20.4 Å². The van der Waals surface area contributed by atoms with Crippen LogP contribution in [0, 0.1) is 6.92 Å². The van der Waals surface area contributed by atoms with Gasteiger partial charge in [0.15, 0.2) is 5.96 Å². The molecule has 1 aromatic carbocycles. The zero-order valence-corrected chi connectivity index (χ0v) is 14.4. The van der Waals surface area contributed by atoms with E-state index in [1.807, 2.05) is 17.8 Å². The average molecular weight is 317 g/mol. The van der Waals surface area contributed by atoms with E-state index in [-0.39, 0.29) is 0 Å². The molecule has 118 valence electrons. The number of aryl methyl sites for hydroxylation is 2. The Hall–Kier alpha value is -1.95. The molecule has 0 aliphatic carbocycles. The summed E-state index contributed by atoms with van der Waals surface area (Å²) in [5, 5.41) is 10.8. The Morgan fingerprint density at radius 2 is 2.05 bits per heavy atom. The standard InChI is InChI=1S/C16H23N5S/c1-12-5-6-13(15(9-12)22-4)10-18-16(17-2)19-11-14-7-8-20-21(14)3/h5-9H,10-11H2,1-4H3,(H2,17,18,19). The molecular formula is C16H23N5S. The van der Waals surface area contributed by atoms with E-state index in [0.717, 1.165) is 18.2 Å². The highest BCUT2D eigenvalue weighted by Crippen LogP contribution is 2.21. The molecule has 0 aliphatic heterocycles. The lowest BCUT2D eigenvalue weighted by Gasteiger charge is -2.14. The lowest BCUT2D eigenvalue weighted by Crippen LogP contribution is -2.36. The summed E-state index contributed by atoms with van der Waals surface area (Å²) in [6.45, 7) is 3.56. The number of thioether (sulfide) groups is 1. The van der Waals surface area contributed by atoms with Gasteiger partial charge in [0.25, 0.3) is 0 Å². The summed E-state index contributed by atoms with van der Waals surface area (Å²) in [7, 11) is 3.72. The third-order valence-corrected chi connectivity index (χ3v) is 4.29. The van der Waals surface area contributed by atoms with Crippen LogP contribution in [-0.4, -0.2) is 29.0 Å². The third-order valence-electron chi connectivity index (χ3n) is 3.47. The van der Waals surface area contributed by atoms with Crippen LogP contribution < -0.4 is 10.6 Å². The van der Waals surface area contributed by atoms with Crippen molar-refractivity contribution in [2.75, 3.05) is 13.3 Å². The quantitative estimate of drug-likeness (QED) is 0.505. The predicted octanol–water partition coefficient (Wildman–Crippen LogP) is 2.32. The molecule has 0 aliphatic rings. The van der Waals surface area contributed by atoms with Gasteiger partial charge in [-0.05, 0) is 36.4 Å². The van der Waals surface area contributed by atoms with Crippen molar-refractivity contribution in [1.29, 1.82) is 0 Å². The molecule has 0 fully saturated rings. The number of benzene rings is 1. The predicted molar refractivity (Wildman–Crippen MR) is 93.2 cm³/mol. The SMILES string of the molecule is CN=C(NCc1ccc(C)cc1SC)NCc1ccnn1C. The Bertz CT molecular complexity index is 648. The second kappa shape index (κ2) is 7.89. The number of hydrogen-bond acceptors (Lipinski definition) is 3. The van der Waals surface area contributed by atoms with Crippen LogP contribution in [0.3, 0.4) is 0 Å². The van der Waals surface area contributed by atoms with Crippen LogP contribution in [0.5, 0.6) is 0 Å². The normalized spacial score (nSPS) is 11.5. The van der Waals surface area contributed by atoms with Gasteiger partial charge in [-0.15, -0.1) is 11.8 Å². The zero-order valence-electron chi connectivity index (χ0n) is 13.6. The molecule has 0 unspecified atom stereocenters. The summed E-state index contributed by atoms with van der Waals surface area (Å²) in [5.41, 5.74) is 3.68. The number of rotatable bonds is 5. The molecule has 0 saturated carbocycles. The summed E-state index contributed by atoms with van der Waals surface area (Å²) in [5.74, 6) is 0.786. The minimum absolute atomic E-state index is 0.694. The molecule has 22 heavy (non-hydrogen) atoms. The van der Waals surface area contributed by atoms with Gasteiger partial charge in [-0.25, -0.2) is 0 Å². The number of guanidine groups is 1. The van der Waals surface area contributed by atoms with E-state index in [0.29, 0.717) is 6.54 Å². The molecule has 6 heteroatoms. The van der Waals surface area contributed by atoms with Crippen molar-refractivity contribution >= 4 is 17.7 Å². The smallest absolute Gasteiger partial charge is 0.191 e. The number of aliphatic imine (C=N–C) groups is 1. The Balaban J connectivity index is 1.93. The van der Waals surface area contributed by atoms with E-state index in [9.17, 15) is 0 Å². The van der Waals surface area contributed by atoms with Gasteiger partial charge >= 0.3 is 0 Å². The van der Waals surface area contributed by atoms with Gasteiger partial charge < -0.3 is 10.6 Å². The lowest BCUT2D eigenvalue weighted by molar-refractivity contribution is 0.684. The fourth-order valence-electron chi connectivity index (χ4n) is 2.15. The van der Waals surface area contributed by atoms with Gasteiger partial charge in [0.1, 0.15) is 0 Å². The second-order valence-electron chi connectivity index (χ2n) is 5.04. The van der Waals surface area contributed by atoms with Crippen LogP contribution in [0.15, 0.2) is 40.4 Å². The topological polar surface area (TPSA) is 54.2 Å². The molecule has 2 rings (SSSR count). The maximum Gasteiger partial charge on any atom is 0.191 e. The van der Waals surface area contributed by atoms with E-state index in [2.05, 4.69) is 52.1 Å². The fourth-order valence-corrected chi connectivity index (χ4v) is 2.85. The van der Waals surface area contributed by atoms with Crippen molar-refractivity contribution < 1.29 is 0 Å². The average Bonchev–Trinajstić information content (AvgIpc) is 2.93. The highest BCUT2D eigenvalue weighted by atomic mass is 32.2. The molecule has 0 spiro atoms. The highest BCUT2D eigenvalue weighted by Gasteiger charge is 2.05. The highest BCUT2D eigenvalue weighted by molar-refractivity contribution is 7.98. The van der Waals surface area contributed by atoms with E-state index in [1.165, 1.54) is 16.0 Å². The second-order valence-corrected chi connectivity index (χ2v) is 5.89. The van der Waals surface area contributed by atoms with E-state index < -0.39 is 0 Å². The summed E-state index contributed by atoms with van der Waals surface area (Å²) in [6, 6.07) is 8.52. The lowest BCUT2D eigenvalue weighted by atomic mass is 10.1. The molecule has 2 N–H and O–H groups in total. The first-order chi connectivity index (χ1) is 10.6.